The van der Waals surface area contributed by atoms with Crippen molar-refractivity contribution < 1.29 is 0 Å². The lowest BCUT2D eigenvalue weighted by Crippen LogP contribution is -2.38. The van der Waals surface area contributed by atoms with E-state index in [2.05, 4.69) is 23.0 Å². The van der Waals surface area contributed by atoms with E-state index in [1.807, 2.05) is 42.5 Å². The monoisotopic (exact) mass is 273 g/mol. The first-order valence-electron chi connectivity index (χ1n) is 6.33. The van der Waals surface area contributed by atoms with Crippen molar-refractivity contribution in [3.8, 4) is 0 Å². The lowest BCUT2D eigenvalue weighted by Gasteiger charge is -2.22. The molecule has 0 amide bonds. The minimum absolute atomic E-state index is 0.0751. The van der Waals surface area contributed by atoms with Gasteiger partial charge in [-0.25, -0.2) is 10.9 Å². The summed E-state index contributed by atoms with van der Waals surface area (Å²) in [5.41, 5.74) is 14.8. The summed E-state index contributed by atoms with van der Waals surface area (Å²) in [5, 5.41) is 0.761. The minimum Gasteiger partial charge on any atom is -0.314 e. The van der Waals surface area contributed by atoms with Crippen molar-refractivity contribution in [1.29, 1.82) is 0 Å². The quantitative estimate of drug-likeness (QED) is 0.788. The van der Waals surface area contributed by atoms with Crippen LogP contribution in [0.2, 0.25) is 5.02 Å². The molecule has 0 aromatic heterocycles. The molecule has 3 atom stereocenters. The average molecular weight is 274 g/mol. The minimum atomic E-state index is -0.135. The summed E-state index contributed by atoms with van der Waals surface area (Å²) in [6.07, 6.45) is -0.135. The highest BCUT2D eigenvalue weighted by atomic mass is 35.5. The number of nitrogens with two attached hydrogens (primary N) is 1. The Hall–Kier alpha value is -1.39. The summed E-state index contributed by atoms with van der Waals surface area (Å²) in [6, 6.07) is 18.2. The summed E-state index contributed by atoms with van der Waals surface area (Å²) in [6.45, 7) is 0. The topological polar surface area (TPSA) is 50.1 Å². The largest absolute Gasteiger partial charge is 0.314 e. The van der Waals surface area contributed by atoms with E-state index < -0.39 is 0 Å². The summed E-state index contributed by atoms with van der Waals surface area (Å²) < 4.78 is 0. The highest BCUT2D eigenvalue weighted by Gasteiger charge is 2.36. The molecule has 3 rings (SSSR count). The molecule has 3 unspecified atom stereocenters. The van der Waals surface area contributed by atoms with Crippen molar-refractivity contribution in [2.24, 2.45) is 5.73 Å². The number of rotatable bonds is 2. The second-order valence-electron chi connectivity index (χ2n) is 4.75. The second kappa shape index (κ2) is 5.31. The van der Waals surface area contributed by atoms with Gasteiger partial charge in [0, 0.05) is 10.9 Å². The van der Waals surface area contributed by atoms with Crippen molar-refractivity contribution in [2.75, 3.05) is 0 Å². The molecule has 1 saturated heterocycles. The van der Waals surface area contributed by atoms with Crippen molar-refractivity contribution in [2.45, 2.75) is 18.1 Å². The Labute approximate surface area is 117 Å². The van der Waals surface area contributed by atoms with Crippen molar-refractivity contribution >= 4 is 11.6 Å². The van der Waals surface area contributed by atoms with Crippen LogP contribution < -0.4 is 16.6 Å². The fraction of sp³-hybridized carbons (Fsp3) is 0.200. The van der Waals surface area contributed by atoms with Gasteiger partial charge < -0.3 is 5.73 Å². The van der Waals surface area contributed by atoms with Gasteiger partial charge in [0.25, 0.3) is 0 Å². The van der Waals surface area contributed by atoms with Crippen molar-refractivity contribution in [1.82, 2.24) is 10.9 Å². The van der Waals surface area contributed by atoms with Crippen LogP contribution in [0.1, 0.15) is 23.1 Å². The fourth-order valence-corrected chi connectivity index (χ4v) is 2.90. The van der Waals surface area contributed by atoms with E-state index in [-0.39, 0.29) is 18.1 Å². The van der Waals surface area contributed by atoms with Gasteiger partial charge in [-0.15, -0.1) is 0 Å². The Morgan fingerprint density at radius 2 is 1.58 bits per heavy atom. The number of halogens is 1. The molecule has 2 aromatic carbocycles. The first kappa shape index (κ1) is 12.6. The molecule has 1 aliphatic rings. The lowest BCUT2D eigenvalue weighted by atomic mass is 9.87. The highest BCUT2D eigenvalue weighted by Crippen LogP contribution is 2.37. The maximum atomic E-state index is 6.30. The van der Waals surface area contributed by atoms with E-state index in [0.29, 0.717) is 0 Å². The van der Waals surface area contributed by atoms with Crippen LogP contribution in [0.15, 0.2) is 54.6 Å². The van der Waals surface area contributed by atoms with Gasteiger partial charge in [-0.2, -0.15) is 0 Å². The number of hydrazine groups is 1. The van der Waals surface area contributed by atoms with Crippen LogP contribution in [-0.4, -0.2) is 6.17 Å². The van der Waals surface area contributed by atoms with Gasteiger partial charge in [0.15, 0.2) is 0 Å². The molecular weight excluding hydrogens is 258 g/mol. The van der Waals surface area contributed by atoms with Gasteiger partial charge in [0.2, 0.25) is 0 Å². The zero-order chi connectivity index (χ0) is 13.2. The maximum absolute atomic E-state index is 6.30. The summed E-state index contributed by atoms with van der Waals surface area (Å²) in [5.74, 6) is 0.154. The molecule has 0 bridgehead atoms. The first-order valence-corrected chi connectivity index (χ1v) is 6.71. The normalized spacial score (nSPS) is 26.5. The van der Waals surface area contributed by atoms with Gasteiger partial charge in [-0.3, -0.25) is 0 Å². The highest BCUT2D eigenvalue weighted by molar-refractivity contribution is 6.31. The number of nitrogens with one attached hydrogen (secondary N) is 2. The Balaban J connectivity index is 2.00. The standard InChI is InChI=1S/C15H16ClN3/c16-12-9-5-4-8-11(12)14-13(15(17)19-18-14)10-6-2-1-3-7-10/h1-9,13-15,18-19H,17H2. The zero-order valence-electron chi connectivity index (χ0n) is 10.4. The van der Waals surface area contributed by atoms with Crippen LogP contribution in [-0.2, 0) is 0 Å². The fourth-order valence-electron chi connectivity index (χ4n) is 2.65. The molecule has 1 aliphatic heterocycles. The maximum Gasteiger partial charge on any atom is 0.0767 e. The molecule has 19 heavy (non-hydrogen) atoms. The Morgan fingerprint density at radius 1 is 0.895 bits per heavy atom. The smallest absolute Gasteiger partial charge is 0.0767 e. The van der Waals surface area contributed by atoms with Crippen molar-refractivity contribution in [3.63, 3.8) is 0 Å². The number of hydrogen-bond donors (Lipinski definition) is 3. The SMILES string of the molecule is NC1NNC(c2ccccc2Cl)C1c1ccccc1. The summed E-state index contributed by atoms with van der Waals surface area (Å²) in [4.78, 5) is 0. The van der Waals surface area contributed by atoms with Crippen LogP contribution in [0.5, 0.6) is 0 Å². The molecule has 1 fully saturated rings. The molecule has 3 nitrogen and oxygen atoms in total. The van der Waals surface area contributed by atoms with E-state index in [0.717, 1.165) is 10.6 Å². The van der Waals surface area contributed by atoms with Gasteiger partial charge >= 0.3 is 0 Å². The molecule has 4 heteroatoms. The number of hydrogen-bond acceptors (Lipinski definition) is 3. The van der Waals surface area contributed by atoms with Gasteiger partial charge in [0.05, 0.1) is 12.2 Å². The molecule has 1 heterocycles. The predicted octanol–water partition coefficient (Wildman–Crippen LogP) is 2.56. The van der Waals surface area contributed by atoms with E-state index >= 15 is 0 Å². The Morgan fingerprint density at radius 3 is 2.32 bits per heavy atom. The van der Waals surface area contributed by atoms with E-state index in [1.165, 1.54) is 5.56 Å². The van der Waals surface area contributed by atoms with Crippen LogP contribution in [0.3, 0.4) is 0 Å². The Bertz CT molecular complexity index is 558. The van der Waals surface area contributed by atoms with Crippen LogP contribution >= 0.6 is 11.6 Å². The molecule has 4 N–H and O–H groups in total. The molecule has 2 aromatic rings. The molecular formula is C15H16ClN3. The van der Waals surface area contributed by atoms with Crippen molar-refractivity contribution in [3.05, 3.63) is 70.7 Å². The molecule has 0 radical (unpaired) electrons. The molecule has 0 aliphatic carbocycles. The van der Waals surface area contributed by atoms with Gasteiger partial charge in [0.1, 0.15) is 0 Å². The van der Waals surface area contributed by atoms with Gasteiger partial charge in [-0.1, -0.05) is 60.1 Å². The first-order chi connectivity index (χ1) is 9.27. The van der Waals surface area contributed by atoms with Crippen LogP contribution in [0, 0.1) is 0 Å². The third-order valence-corrected chi connectivity index (χ3v) is 3.92. The number of benzene rings is 2. The second-order valence-corrected chi connectivity index (χ2v) is 5.16. The lowest BCUT2D eigenvalue weighted by molar-refractivity contribution is 0.546. The zero-order valence-corrected chi connectivity index (χ0v) is 11.1. The molecule has 0 spiro atoms. The van der Waals surface area contributed by atoms with E-state index in [4.69, 9.17) is 17.3 Å². The summed E-state index contributed by atoms with van der Waals surface area (Å²) in [7, 11) is 0. The van der Waals surface area contributed by atoms with Crippen LogP contribution in [0.4, 0.5) is 0 Å². The molecule has 98 valence electrons. The third-order valence-electron chi connectivity index (χ3n) is 3.58. The Kier molecular flexibility index (Phi) is 3.53. The summed E-state index contributed by atoms with van der Waals surface area (Å²) >= 11 is 6.30. The van der Waals surface area contributed by atoms with Gasteiger partial charge in [-0.05, 0) is 17.2 Å². The molecule has 0 saturated carbocycles. The van der Waals surface area contributed by atoms with E-state index in [9.17, 15) is 0 Å². The van der Waals surface area contributed by atoms with Crippen LogP contribution in [0.25, 0.3) is 0 Å². The third kappa shape index (κ3) is 2.38. The average Bonchev–Trinajstić information content (AvgIpc) is 2.82. The van der Waals surface area contributed by atoms with E-state index in [1.54, 1.807) is 0 Å². The predicted molar refractivity (Wildman–Crippen MR) is 77.6 cm³/mol.